The van der Waals surface area contributed by atoms with Crippen LogP contribution in [0.1, 0.15) is 23.4 Å². The van der Waals surface area contributed by atoms with Gasteiger partial charge in [0.25, 0.3) is 0 Å². The van der Waals surface area contributed by atoms with Crippen LogP contribution in [0.2, 0.25) is 0 Å². The number of benzene rings is 2. The monoisotopic (exact) mass is 323 g/mol. The predicted octanol–water partition coefficient (Wildman–Crippen LogP) is 3.27. The van der Waals surface area contributed by atoms with Gasteiger partial charge in [0.15, 0.2) is 0 Å². The van der Waals surface area contributed by atoms with Gasteiger partial charge < -0.3 is 15.0 Å². The molecular weight excluding hydrogens is 302 g/mol. The minimum atomic E-state index is -0.0548. The van der Waals surface area contributed by atoms with Crippen molar-refractivity contribution in [3.05, 3.63) is 59.4 Å². The number of hydrogen-bond acceptors (Lipinski definition) is 3. The number of amides is 1. The number of nitrogens with one attached hydrogen (secondary N) is 2. The van der Waals surface area contributed by atoms with Crippen LogP contribution in [0.25, 0.3) is 11.0 Å². The standard InChI is InChI=1S/C19H21N3O2/c1-13-7-8-14(2)17(11-13)24-10-9-19(23)20-12-18-21-15-5-3-4-6-16(15)22-18/h3-8,11H,9-10,12H2,1-2H3,(H,20,23)(H,21,22). The Labute approximate surface area is 141 Å². The summed E-state index contributed by atoms with van der Waals surface area (Å²) in [6, 6.07) is 13.8. The molecule has 0 bridgehead atoms. The Balaban J connectivity index is 1.46. The number of nitrogens with zero attached hydrogens (tertiary/aromatic N) is 1. The molecule has 0 aliphatic heterocycles. The lowest BCUT2D eigenvalue weighted by Gasteiger charge is -2.10. The summed E-state index contributed by atoms with van der Waals surface area (Å²) in [5, 5.41) is 2.86. The third-order valence-corrected chi connectivity index (χ3v) is 3.82. The molecule has 0 aliphatic carbocycles. The number of aryl methyl sites for hydroxylation is 2. The Hall–Kier alpha value is -2.82. The van der Waals surface area contributed by atoms with Crippen molar-refractivity contribution in [2.24, 2.45) is 0 Å². The van der Waals surface area contributed by atoms with E-state index in [1.165, 1.54) is 0 Å². The van der Waals surface area contributed by atoms with Crippen molar-refractivity contribution in [1.82, 2.24) is 15.3 Å². The Morgan fingerprint density at radius 1 is 1.21 bits per heavy atom. The van der Waals surface area contributed by atoms with Crippen LogP contribution in [0.5, 0.6) is 5.75 Å². The quantitative estimate of drug-likeness (QED) is 0.731. The van der Waals surface area contributed by atoms with Gasteiger partial charge in [-0.1, -0.05) is 24.3 Å². The molecule has 1 heterocycles. The molecule has 0 fully saturated rings. The number of fused-ring (bicyclic) bond motifs is 1. The van der Waals surface area contributed by atoms with Gasteiger partial charge in [-0.25, -0.2) is 4.98 Å². The molecule has 24 heavy (non-hydrogen) atoms. The Morgan fingerprint density at radius 3 is 2.88 bits per heavy atom. The van der Waals surface area contributed by atoms with E-state index < -0.39 is 0 Å². The van der Waals surface area contributed by atoms with E-state index in [0.717, 1.165) is 33.7 Å². The fraction of sp³-hybridized carbons (Fsp3) is 0.263. The van der Waals surface area contributed by atoms with Crippen LogP contribution >= 0.6 is 0 Å². The summed E-state index contributed by atoms with van der Waals surface area (Å²) in [5.74, 6) is 1.53. The molecule has 0 saturated heterocycles. The molecule has 5 nitrogen and oxygen atoms in total. The van der Waals surface area contributed by atoms with E-state index in [-0.39, 0.29) is 5.91 Å². The number of H-pyrrole nitrogens is 1. The number of carbonyl (C=O) groups is 1. The largest absolute Gasteiger partial charge is 0.493 e. The van der Waals surface area contributed by atoms with E-state index in [4.69, 9.17) is 4.74 Å². The molecule has 3 aromatic rings. The van der Waals surface area contributed by atoms with Crippen molar-refractivity contribution in [1.29, 1.82) is 0 Å². The van der Waals surface area contributed by atoms with Crippen LogP contribution in [0.4, 0.5) is 0 Å². The van der Waals surface area contributed by atoms with Crippen molar-refractivity contribution >= 4 is 16.9 Å². The zero-order valence-electron chi connectivity index (χ0n) is 13.9. The first-order valence-corrected chi connectivity index (χ1v) is 8.02. The number of carbonyl (C=O) groups excluding carboxylic acids is 1. The van der Waals surface area contributed by atoms with E-state index >= 15 is 0 Å². The summed E-state index contributed by atoms with van der Waals surface area (Å²) in [6.45, 7) is 4.76. The van der Waals surface area contributed by atoms with E-state index in [1.807, 2.05) is 56.3 Å². The van der Waals surface area contributed by atoms with Crippen molar-refractivity contribution in [2.45, 2.75) is 26.8 Å². The van der Waals surface area contributed by atoms with Crippen LogP contribution in [0.3, 0.4) is 0 Å². The molecule has 0 atom stereocenters. The van der Waals surface area contributed by atoms with Crippen LogP contribution in [0.15, 0.2) is 42.5 Å². The fourth-order valence-corrected chi connectivity index (χ4v) is 2.48. The van der Waals surface area contributed by atoms with Crippen molar-refractivity contribution in [3.63, 3.8) is 0 Å². The highest BCUT2D eigenvalue weighted by Crippen LogP contribution is 2.19. The normalized spacial score (nSPS) is 10.8. The van der Waals surface area contributed by atoms with Gasteiger partial charge in [-0.3, -0.25) is 4.79 Å². The lowest BCUT2D eigenvalue weighted by atomic mass is 10.1. The average molecular weight is 323 g/mol. The number of ether oxygens (including phenoxy) is 1. The Morgan fingerprint density at radius 2 is 2.04 bits per heavy atom. The Bertz CT molecular complexity index is 822. The first-order chi connectivity index (χ1) is 11.6. The minimum absolute atomic E-state index is 0.0548. The van der Waals surface area contributed by atoms with Crippen molar-refractivity contribution < 1.29 is 9.53 Å². The number of para-hydroxylation sites is 2. The molecular formula is C19H21N3O2. The van der Waals surface area contributed by atoms with Gasteiger partial charge in [0.05, 0.1) is 30.6 Å². The zero-order chi connectivity index (χ0) is 16.9. The van der Waals surface area contributed by atoms with Gasteiger partial charge in [-0.05, 0) is 43.2 Å². The fourth-order valence-electron chi connectivity index (χ4n) is 2.48. The third kappa shape index (κ3) is 3.93. The highest BCUT2D eigenvalue weighted by atomic mass is 16.5. The van der Waals surface area contributed by atoms with Crippen molar-refractivity contribution in [2.75, 3.05) is 6.61 Å². The van der Waals surface area contributed by atoms with Gasteiger partial charge in [-0.2, -0.15) is 0 Å². The van der Waals surface area contributed by atoms with Gasteiger partial charge in [-0.15, -0.1) is 0 Å². The second kappa shape index (κ2) is 7.17. The molecule has 2 N–H and O–H groups in total. The first kappa shape index (κ1) is 16.1. The first-order valence-electron chi connectivity index (χ1n) is 8.02. The number of hydrogen-bond donors (Lipinski definition) is 2. The molecule has 0 aliphatic rings. The van der Waals surface area contributed by atoms with Crippen LogP contribution in [-0.2, 0) is 11.3 Å². The second-order valence-corrected chi connectivity index (χ2v) is 5.84. The lowest BCUT2D eigenvalue weighted by Crippen LogP contribution is -2.25. The molecule has 0 spiro atoms. The van der Waals surface area contributed by atoms with Crippen LogP contribution in [0, 0.1) is 13.8 Å². The van der Waals surface area contributed by atoms with Gasteiger partial charge in [0.2, 0.25) is 5.91 Å². The van der Waals surface area contributed by atoms with E-state index in [1.54, 1.807) is 0 Å². The maximum absolute atomic E-state index is 11.9. The van der Waals surface area contributed by atoms with Crippen LogP contribution in [-0.4, -0.2) is 22.5 Å². The highest BCUT2D eigenvalue weighted by molar-refractivity contribution is 5.77. The maximum Gasteiger partial charge on any atom is 0.223 e. The predicted molar refractivity (Wildman–Crippen MR) is 94.0 cm³/mol. The minimum Gasteiger partial charge on any atom is -0.493 e. The van der Waals surface area contributed by atoms with Gasteiger partial charge in [0, 0.05) is 0 Å². The smallest absolute Gasteiger partial charge is 0.223 e. The number of rotatable bonds is 6. The maximum atomic E-state index is 11.9. The third-order valence-electron chi connectivity index (χ3n) is 3.82. The summed E-state index contributed by atoms with van der Waals surface area (Å²) in [7, 11) is 0. The van der Waals surface area contributed by atoms with E-state index in [0.29, 0.717) is 19.6 Å². The van der Waals surface area contributed by atoms with Crippen molar-refractivity contribution in [3.8, 4) is 5.75 Å². The lowest BCUT2D eigenvalue weighted by molar-refractivity contribution is -0.121. The molecule has 0 saturated carbocycles. The van der Waals surface area contributed by atoms with Gasteiger partial charge in [0.1, 0.15) is 11.6 Å². The topological polar surface area (TPSA) is 67.0 Å². The molecule has 2 aromatic carbocycles. The molecule has 0 radical (unpaired) electrons. The van der Waals surface area contributed by atoms with E-state index in [9.17, 15) is 4.79 Å². The molecule has 1 amide bonds. The molecule has 0 unspecified atom stereocenters. The van der Waals surface area contributed by atoms with Gasteiger partial charge >= 0.3 is 0 Å². The SMILES string of the molecule is Cc1ccc(C)c(OCCC(=O)NCc2nc3ccccc3[nH]2)c1. The molecule has 3 rings (SSSR count). The average Bonchev–Trinajstić information content (AvgIpc) is 2.99. The summed E-state index contributed by atoms with van der Waals surface area (Å²) in [6.07, 6.45) is 0.313. The Kier molecular flexibility index (Phi) is 4.79. The van der Waals surface area contributed by atoms with E-state index in [2.05, 4.69) is 15.3 Å². The zero-order valence-corrected chi connectivity index (χ0v) is 13.9. The number of imidazole rings is 1. The summed E-state index contributed by atoms with van der Waals surface area (Å²) in [5.41, 5.74) is 4.09. The second-order valence-electron chi connectivity index (χ2n) is 5.84. The number of aromatic amines is 1. The summed E-state index contributed by atoms with van der Waals surface area (Å²) in [4.78, 5) is 19.6. The molecule has 1 aromatic heterocycles. The highest BCUT2D eigenvalue weighted by Gasteiger charge is 2.06. The molecule has 124 valence electrons. The summed E-state index contributed by atoms with van der Waals surface area (Å²) >= 11 is 0. The van der Waals surface area contributed by atoms with Crippen LogP contribution < -0.4 is 10.1 Å². The molecule has 5 heteroatoms. The number of aromatic nitrogens is 2. The summed E-state index contributed by atoms with van der Waals surface area (Å²) < 4.78 is 5.70.